The van der Waals surface area contributed by atoms with Gasteiger partial charge in [-0.05, 0) is 0 Å². The van der Waals surface area contributed by atoms with Crippen molar-refractivity contribution in [3.8, 4) is 0 Å². The SMILES string of the molecule is [CH3][Pb]([CH3])[CH3]. The van der Waals surface area contributed by atoms with Crippen molar-refractivity contribution in [1.29, 1.82) is 0 Å². The Labute approximate surface area is 36.3 Å². The molecule has 0 bridgehead atoms. The molecule has 0 atom stereocenters. The molecule has 0 saturated carbocycles. The molecule has 0 nitrogen and oxygen atoms in total. The first-order valence-electron chi connectivity index (χ1n) is 1.50. The molecule has 0 amide bonds. The van der Waals surface area contributed by atoms with Gasteiger partial charge in [-0.2, -0.15) is 0 Å². The Hall–Kier alpha value is 0.922. The molecule has 0 aliphatic carbocycles. The summed E-state index contributed by atoms with van der Waals surface area (Å²) in [5, 5.41) is 0. The van der Waals surface area contributed by atoms with E-state index in [1.54, 1.807) is 0 Å². The Balaban J connectivity index is 2.32. The minimum absolute atomic E-state index is 0.657. The third-order valence-electron chi connectivity index (χ3n) is 0. The third kappa shape index (κ3) is 12.7. The molecule has 1 heteroatoms. The van der Waals surface area contributed by atoms with E-state index < -0.39 is 22.7 Å². The van der Waals surface area contributed by atoms with E-state index in [1.807, 2.05) is 0 Å². The molecule has 0 unspecified atom stereocenters. The molecule has 0 aromatic heterocycles. The fraction of sp³-hybridized carbons (Fsp3) is 1.00. The summed E-state index contributed by atoms with van der Waals surface area (Å²) >= 11 is -0.657. The van der Waals surface area contributed by atoms with Crippen molar-refractivity contribution < 1.29 is 0 Å². The molecule has 0 aliphatic rings. The first kappa shape index (κ1) is 4.92. The fourth-order valence-corrected chi connectivity index (χ4v) is 0. The second-order valence-electron chi connectivity index (χ2n) is 1.50. The Morgan fingerprint density at radius 3 is 1.00 bits per heavy atom. The van der Waals surface area contributed by atoms with Crippen LogP contribution >= 0.6 is 0 Å². The van der Waals surface area contributed by atoms with Crippen LogP contribution in [0.5, 0.6) is 0 Å². The summed E-state index contributed by atoms with van der Waals surface area (Å²) in [5.74, 6) is 0. The summed E-state index contributed by atoms with van der Waals surface area (Å²) in [7, 11) is 0. The summed E-state index contributed by atoms with van der Waals surface area (Å²) in [6.45, 7) is 0. The fourth-order valence-electron chi connectivity index (χ4n) is 0. The second-order valence-corrected chi connectivity index (χ2v) is 13.2. The molecule has 0 heterocycles. The average Bonchev–Trinajstić information content (AvgIpc) is 0.811. The molecule has 0 rings (SSSR count). The molecule has 25 valence electrons. The summed E-state index contributed by atoms with van der Waals surface area (Å²) < 4.78 is 7.14. The predicted octanol–water partition coefficient (Wildman–Crippen LogP) is 1.37. The van der Waals surface area contributed by atoms with E-state index in [0.717, 1.165) is 0 Å². The predicted molar refractivity (Wildman–Crippen MR) is 23.3 cm³/mol. The van der Waals surface area contributed by atoms with Crippen LogP contribution in [0.15, 0.2) is 0 Å². The van der Waals surface area contributed by atoms with Crippen molar-refractivity contribution >= 4 is 22.7 Å². The molecular weight excluding hydrogens is 243 g/mol. The zero-order valence-electron chi connectivity index (χ0n) is 3.50. The molecular formula is C3H9Pb. The van der Waals surface area contributed by atoms with Crippen LogP contribution in [0.1, 0.15) is 0 Å². The van der Waals surface area contributed by atoms with Gasteiger partial charge in [0.25, 0.3) is 0 Å². The van der Waals surface area contributed by atoms with E-state index in [0.29, 0.717) is 0 Å². The molecule has 0 N–H and O–H groups in total. The monoisotopic (exact) mass is 253 g/mol. The first-order chi connectivity index (χ1) is 1.73. The van der Waals surface area contributed by atoms with E-state index in [4.69, 9.17) is 0 Å². The standard InChI is InChI=1S/3CH3.Pb/h3*1H3;. The number of hydrogen-bond acceptors (Lipinski definition) is 0. The molecule has 0 spiro atoms. The first-order valence-corrected chi connectivity index (χ1v) is 13.2. The molecule has 1 radical (unpaired) electrons. The van der Waals surface area contributed by atoms with Crippen LogP contribution < -0.4 is 0 Å². The van der Waals surface area contributed by atoms with Gasteiger partial charge < -0.3 is 0 Å². The van der Waals surface area contributed by atoms with E-state index in [2.05, 4.69) is 13.4 Å². The van der Waals surface area contributed by atoms with E-state index in [9.17, 15) is 0 Å². The summed E-state index contributed by atoms with van der Waals surface area (Å²) in [4.78, 5) is 0. The van der Waals surface area contributed by atoms with Gasteiger partial charge >= 0.3 is 36.2 Å². The molecule has 0 saturated heterocycles. The molecule has 4 heavy (non-hydrogen) atoms. The Morgan fingerprint density at radius 1 is 1.00 bits per heavy atom. The number of rotatable bonds is 0. The summed E-state index contributed by atoms with van der Waals surface area (Å²) in [6.07, 6.45) is 0. The second kappa shape index (κ2) is 2.18. The topological polar surface area (TPSA) is 0 Å². The van der Waals surface area contributed by atoms with E-state index >= 15 is 0 Å². The average molecular weight is 252 g/mol. The molecule has 0 aromatic rings. The van der Waals surface area contributed by atoms with Gasteiger partial charge in [0.2, 0.25) is 0 Å². The van der Waals surface area contributed by atoms with Crippen LogP contribution in [0.3, 0.4) is 0 Å². The zero-order valence-corrected chi connectivity index (χ0v) is 7.39. The van der Waals surface area contributed by atoms with Gasteiger partial charge in [-0.25, -0.2) is 0 Å². The van der Waals surface area contributed by atoms with E-state index in [1.165, 1.54) is 0 Å². The maximum absolute atomic E-state index is 2.38. The van der Waals surface area contributed by atoms with Crippen molar-refractivity contribution in [1.82, 2.24) is 0 Å². The Kier molecular flexibility index (Phi) is 2.68. The van der Waals surface area contributed by atoms with Crippen LogP contribution in [-0.4, -0.2) is 22.7 Å². The van der Waals surface area contributed by atoms with Gasteiger partial charge in [0.05, 0.1) is 0 Å². The van der Waals surface area contributed by atoms with Crippen molar-refractivity contribution in [2.45, 2.75) is 13.4 Å². The van der Waals surface area contributed by atoms with Crippen LogP contribution in [0, 0.1) is 0 Å². The summed E-state index contributed by atoms with van der Waals surface area (Å²) in [6, 6.07) is 0. The van der Waals surface area contributed by atoms with Gasteiger partial charge in [-0.1, -0.05) is 0 Å². The van der Waals surface area contributed by atoms with Crippen LogP contribution in [0.25, 0.3) is 0 Å². The quantitative estimate of drug-likeness (QED) is 0.571. The van der Waals surface area contributed by atoms with Crippen molar-refractivity contribution in [3.05, 3.63) is 0 Å². The summed E-state index contributed by atoms with van der Waals surface area (Å²) in [5.41, 5.74) is 0. The zero-order chi connectivity index (χ0) is 3.58. The minimum atomic E-state index is -0.657. The normalized spacial score (nSPS) is 9.00. The van der Waals surface area contributed by atoms with Gasteiger partial charge in [-0.3, -0.25) is 0 Å². The van der Waals surface area contributed by atoms with Crippen LogP contribution in [0.2, 0.25) is 13.4 Å². The van der Waals surface area contributed by atoms with Crippen LogP contribution in [-0.2, 0) is 0 Å². The van der Waals surface area contributed by atoms with Gasteiger partial charge in [0, 0.05) is 0 Å². The molecule has 0 aromatic carbocycles. The molecule has 0 fully saturated rings. The number of hydrogen-bond donors (Lipinski definition) is 0. The van der Waals surface area contributed by atoms with E-state index in [-0.39, 0.29) is 0 Å². The molecule has 0 aliphatic heterocycles. The van der Waals surface area contributed by atoms with Crippen molar-refractivity contribution in [2.75, 3.05) is 0 Å². The van der Waals surface area contributed by atoms with Crippen molar-refractivity contribution in [3.63, 3.8) is 0 Å². The third-order valence-corrected chi connectivity index (χ3v) is 0. The van der Waals surface area contributed by atoms with Crippen molar-refractivity contribution in [2.24, 2.45) is 0 Å². The Morgan fingerprint density at radius 2 is 1.00 bits per heavy atom. The van der Waals surface area contributed by atoms with Crippen LogP contribution in [0.4, 0.5) is 0 Å². The Bertz CT molecular complexity index is 8.00. The van der Waals surface area contributed by atoms with Gasteiger partial charge in [0.1, 0.15) is 0 Å². The van der Waals surface area contributed by atoms with Gasteiger partial charge in [-0.15, -0.1) is 0 Å². The maximum atomic E-state index is 2.38. The van der Waals surface area contributed by atoms with Gasteiger partial charge in [0.15, 0.2) is 0 Å².